The average molecular weight is 581 g/mol. The van der Waals surface area contributed by atoms with Gasteiger partial charge in [-0.05, 0) is 61.0 Å². The number of fused-ring (bicyclic) bond motifs is 1. The molecule has 0 radical (unpaired) electrons. The van der Waals surface area contributed by atoms with Crippen molar-refractivity contribution in [3.05, 3.63) is 83.2 Å². The smallest absolute Gasteiger partial charge is 0.211 e. The molecule has 0 amide bonds. The molecule has 0 aliphatic rings. The van der Waals surface area contributed by atoms with E-state index < -0.39 is 0 Å². The molecule has 0 bridgehead atoms. The minimum Gasteiger partial charge on any atom is -1.00 e. The fourth-order valence-electron chi connectivity index (χ4n) is 3.69. The van der Waals surface area contributed by atoms with Crippen molar-refractivity contribution in [2.24, 2.45) is 27.5 Å². The van der Waals surface area contributed by atoms with E-state index in [2.05, 4.69) is 82.2 Å². The average Bonchev–Trinajstić information content (AvgIpc) is 3.19. The van der Waals surface area contributed by atoms with Gasteiger partial charge in [0.1, 0.15) is 0 Å². The Morgan fingerprint density at radius 1 is 0.892 bits per heavy atom. The Labute approximate surface area is 233 Å². The van der Waals surface area contributed by atoms with Crippen LogP contribution in [0.15, 0.2) is 93.2 Å². The molecule has 0 aliphatic heterocycles. The number of benzene rings is 3. The number of hydrogen-bond acceptors (Lipinski definition) is 6. The first-order valence-electron chi connectivity index (χ1n) is 12.1. The molecule has 1 aromatic heterocycles. The molecule has 37 heavy (non-hydrogen) atoms. The van der Waals surface area contributed by atoms with E-state index in [0.29, 0.717) is 0 Å². The van der Waals surface area contributed by atoms with Crippen molar-refractivity contribution in [1.82, 2.24) is 4.57 Å². The highest BCUT2D eigenvalue weighted by atomic mass is 79.9. The lowest BCUT2D eigenvalue weighted by Gasteiger charge is -2.29. The predicted octanol–water partition coefficient (Wildman–Crippen LogP) is 3.13. The Balaban J connectivity index is 0.00000380. The van der Waals surface area contributed by atoms with Crippen LogP contribution in [0.2, 0.25) is 0 Å². The number of aromatic nitrogens is 1. The van der Waals surface area contributed by atoms with Crippen molar-refractivity contribution < 1.29 is 21.5 Å². The number of quaternary nitrogens is 1. The summed E-state index contributed by atoms with van der Waals surface area (Å²) in [7, 11) is 8.67. The van der Waals surface area contributed by atoms with Crippen LogP contribution in [-0.4, -0.2) is 56.0 Å². The van der Waals surface area contributed by atoms with Gasteiger partial charge in [-0.2, -0.15) is 15.3 Å². The number of anilines is 1. The second-order valence-corrected chi connectivity index (χ2v) is 10.7. The second-order valence-electron chi connectivity index (χ2n) is 9.66. The fraction of sp³-hybridized carbons (Fsp3) is 0.286. The Kier molecular flexibility index (Phi) is 9.91. The van der Waals surface area contributed by atoms with Gasteiger partial charge in [-0.15, -0.1) is 5.10 Å². The van der Waals surface area contributed by atoms with Crippen LogP contribution in [0.5, 0.6) is 0 Å². The zero-order valence-corrected chi connectivity index (χ0v) is 24.4. The SMILES string of the molecule is CCN(CC[N+](C)(C)C)c1ccc(/N=N/c2ccc(/C=N/N=c3\sc4ccccc4n3C)cc2)cc1.[Br-]. The van der Waals surface area contributed by atoms with Crippen molar-refractivity contribution >= 4 is 44.8 Å². The van der Waals surface area contributed by atoms with E-state index in [1.165, 1.54) is 10.4 Å². The second kappa shape index (κ2) is 12.9. The summed E-state index contributed by atoms with van der Waals surface area (Å²) in [5, 5.41) is 17.5. The summed E-state index contributed by atoms with van der Waals surface area (Å²) in [6, 6.07) is 24.3. The summed E-state index contributed by atoms with van der Waals surface area (Å²) in [5.74, 6) is 0. The highest BCUT2D eigenvalue weighted by Crippen LogP contribution is 2.22. The summed E-state index contributed by atoms with van der Waals surface area (Å²) in [6.07, 6.45) is 1.75. The lowest BCUT2D eigenvalue weighted by molar-refractivity contribution is -0.868. The van der Waals surface area contributed by atoms with E-state index in [1.807, 2.05) is 55.6 Å². The van der Waals surface area contributed by atoms with Gasteiger partial charge < -0.3 is 30.9 Å². The molecular weight excluding hydrogens is 546 g/mol. The number of para-hydroxylation sites is 1. The third kappa shape index (κ3) is 7.92. The molecule has 7 nitrogen and oxygen atoms in total. The topological polar surface area (TPSA) is 57.6 Å². The molecule has 1 heterocycles. The Hall–Kier alpha value is -3.14. The van der Waals surface area contributed by atoms with Gasteiger partial charge in [-0.3, -0.25) is 0 Å². The van der Waals surface area contributed by atoms with E-state index in [4.69, 9.17) is 0 Å². The highest BCUT2D eigenvalue weighted by molar-refractivity contribution is 7.16. The number of nitrogens with zero attached hydrogens (tertiary/aromatic N) is 7. The fourth-order valence-corrected chi connectivity index (χ4v) is 4.66. The van der Waals surface area contributed by atoms with E-state index >= 15 is 0 Å². The summed E-state index contributed by atoms with van der Waals surface area (Å²) in [5.41, 5.74) is 4.95. The normalized spacial score (nSPS) is 12.5. The maximum Gasteiger partial charge on any atom is 0.211 e. The molecule has 0 N–H and O–H groups in total. The Morgan fingerprint density at radius 2 is 1.51 bits per heavy atom. The molecule has 0 unspecified atom stereocenters. The van der Waals surface area contributed by atoms with E-state index in [-0.39, 0.29) is 17.0 Å². The first-order valence-corrected chi connectivity index (χ1v) is 12.9. The van der Waals surface area contributed by atoms with Crippen LogP contribution in [0.25, 0.3) is 10.2 Å². The Bertz CT molecular complexity index is 1410. The molecule has 9 heteroatoms. The van der Waals surface area contributed by atoms with Gasteiger partial charge in [0.15, 0.2) is 0 Å². The van der Waals surface area contributed by atoms with Crippen molar-refractivity contribution in [2.45, 2.75) is 6.92 Å². The molecule has 0 spiro atoms. The number of thiazole rings is 1. The summed E-state index contributed by atoms with van der Waals surface area (Å²) < 4.78 is 4.20. The third-order valence-corrected chi connectivity index (χ3v) is 6.98. The van der Waals surface area contributed by atoms with Crippen LogP contribution in [-0.2, 0) is 7.05 Å². The number of azo groups is 1. The summed E-state index contributed by atoms with van der Waals surface area (Å²) in [6.45, 7) is 5.28. The molecular formula is C28H34BrN7S. The minimum atomic E-state index is 0. The van der Waals surface area contributed by atoms with E-state index in [0.717, 1.165) is 51.4 Å². The zero-order valence-electron chi connectivity index (χ0n) is 22.0. The van der Waals surface area contributed by atoms with Gasteiger partial charge >= 0.3 is 0 Å². The monoisotopic (exact) mass is 579 g/mol. The maximum atomic E-state index is 4.40. The summed E-state index contributed by atoms with van der Waals surface area (Å²) in [4.78, 5) is 3.25. The number of aryl methyl sites for hydroxylation is 1. The number of likely N-dealkylation sites (N-methyl/N-ethyl adjacent to an activating group) is 2. The quantitative estimate of drug-likeness (QED) is 0.130. The van der Waals surface area contributed by atoms with E-state index in [1.54, 1.807) is 17.6 Å². The van der Waals surface area contributed by atoms with Crippen molar-refractivity contribution in [3.8, 4) is 0 Å². The molecule has 3 aromatic carbocycles. The molecule has 194 valence electrons. The minimum absolute atomic E-state index is 0. The first kappa shape index (κ1) is 28.4. The van der Waals surface area contributed by atoms with Gasteiger partial charge in [0.25, 0.3) is 0 Å². The molecule has 0 saturated heterocycles. The molecule has 4 rings (SSSR count). The van der Waals surface area contributed by atoms with Crippen LogP contribution >= 0.6 is 11.3 Å². The van der Waals surface area contributed by atoms with Gasteiger partial charge in [-0.1, -0.05) is 35.6 Å². The maximum absolute atomic E-state index is 4.40. The lowest BCUT2D eigenvalue weighted by Crippen LogP contribution is -3.00. The van der Waals surface area contributed by atoms with Gasteiger partial charge in [0.2, 0.25) is 4.80 Å². The molecule has 4 aromatic rings. The van der Waals surface area contributed by atoms with Crippen LogP contribution in [0.1, 0.15) is 12.5 Å². The lowest BCUT2D eigenvalue weighted by atomic mass is 10.2. The largest absolute Gasteiger partial charge is 1.00 e. The van der Waals surface area contributed by atoms with Gasteiger partial charge in [-0.25, -0.2) is 0 Å². The van der Waals surface area contributed by atoms with Gasteiger partial charge in [0.05, 0.1) is 62.0 Å². The number of halogens is 1. The highest BCUT2D eigenvalue weighted by Gasteiger charge is 2.11. The zero-order chi connectivity index (χ0) is 25.5. The van der Waals surface area contributed by atoms with Crippen molar-refractivity contribution in [2.75, 3.05) is 45.7 Å². The molecule has 0 atom stereocenters. The predicted molar refractivity (Wildman–Crippen MR) is 152 cm³/mol. The van der Waals surface area contributed by atoms with Crippen LogP contribution < -0.4 is 26.7 Å². The van der Waals surface area contributed by atoms with Crippen LogP contribution in [0.3, 0.4) is 0 Å². The van der Waals surface area contributed by atoms with E-state index in [9.17, 15) is 0 Å². The first-order chi connectivity index (χ1) is 17.3. The standard InChI is InChI=1S/C28H34N7S.BrH/c1-6-34(19-20-35(3,4)5)25-17-15-24(16-18-25)31-30-23-13-11-22(12-14-23)21-29-32-28-33(2)26-9-7-8-10-27(26)36-28;/h7-18,21H,6,19-20H2,1-5H3;1H/q+1;/p-1/b29-21+,31-30+,32-28-;. The number of rotatable bonds is 9. The molecule has 0 aliphatic carbocycles. The van der Waals surface area contributed by atoms with Crippen LogP contribution in [0, 0.1) is 0 Å². The number of hydrogen-bond donors (Lipinski definition) is 0. The molecule has 0 saturated carbocycles. The van der Waals surface area contributed by atoms with Gasteiger partial charge in [0, 0.05) is 19.3 Å². The Morgan fingerprint density at radius 3 is 2.11 bits per heavy atom. The van der Waals surface area contributed by atoms with Crippen molar-refractivity contribution in [1.29, 1.82) is 0 Å². The molecule has 0 fully saturated rings. The third-order valence-electron chi connectivity index (χ3n) is 5.88. The van der Waals surface area contributed by atoms with Crippen molar-refractivity contribution in [3.63, 3.8) is 0 Å². The summed E-state index contributed by atoms with van der Waals surface area (Å²) >= 11 is 1.62. The van der Waals surface area contributed by atoms with Crippen LogP contribution in [0.4, 0.5) is 17.1 Å².